The van der Waals surface area contributed by atoms with Gasteiger partial charge in [0.1, 0.15) is 11.6 Å². The minimum atomic E-state index is 0.0299. The molecule has 0 unspecified atom stereocenters. The quantitative estimate of drug-likeness (QED) is 0.573. The standard InChI is InChI=1S/C25H33N5O2/c1-28(2)14-8-13-26-25(31)29-15-7-10-20(18-29)24-27-23(22-12-4-5-16-30(22)24)19-9-6-11-21(17-19)32-3/h4-6,9,11-12,16-17,20H,7-8,10,13-15,18H2,1-3H3,(H,26,31)/t20-/m1/s1. The predicted octanol–water partition coefficient (Wildman–Crippen LogP) is 3.85. The van der Waals surface area contributed by atoms with Crippen molar-refractivity contribution in [3.8, 4) is 17.0 Å². The first-order chi connectivity index (χ1) is 15.6. The van der Waals surface area contributed by atoms with E-state index in [1.807, 2.05) is 49.3 Å². The summed E-state index contributed by atoms with van der Waals surface area (Å²) in [5.74, 6) is 2.03. The molecule has 1 aromatic carbocycles. The second-order valence-corrected chi connectivity index (χ2v) is 8.68. The van der Waals surface area contributed by atoms with Crippen molar-refractivity contribution in [2.24, 2.45) is 0 Å². The molecular formula is C25H33N5O2. The molecule has 0 spiro atoms. The van der Waals surface area contributed by atoms with Crippen molar-refractivity contribution >= 4 is 11.5 Å². The third-order valence-corrected chi connectivity index (χ3v) is 6.05. The molecule has 0 bridgehead atoms. The molecule has 7 nitrogen and oxygen atoms in total. The van der Waals surface area contributed by atoms with E-state index in [0.717, 1.165) is 60.7 Å². The molecule has 1 atom stereocenters. The fourth-order valence-electron chi connectivity index (χ4n) is 4.41. The van der Waals surface area contributed by atoms with E-state index in [4.69, 9.17) is 9.72 Å². The van der Waals surface area contributed by atoms with Crippen LogP contribution in [0.25, 0.3) is 16.8 Å². The average Bonchev–Trinajstić information content (AvgIpc) is 3.21. The van der Waals surface area contributed by atoms with Gasteiger partial charge in [-0.15, -0.1) is 0 Å². The van der Waals surface area contributed by atoms with Gasteiger partial charge in [-0.25, -0.2) is 9.78 Å². The van der Waals surface area contributed by atoms with Crippen LogP contribution in [0.1, 0.15) is 31.0 Å². The Morgan fingerprint density at radius 3 is 2.94 bits per heavy atom. The van der Waals surface area contributed by atoms with Crippen molar-refractivity contribution in [3.63, 3.8) is 0 Å². The van der Waals surface area contributed by atoms with E-state index in [-0.39, 0.29) is 11.9 Å². The lowest BCUT2D eigenvalue weighted by Crippen LogP contribution is -2.45. The first kappa shape index (κ1) is 22.1. The first-order valence-electron chi connectivity index (χ1n) is 11.4. The van der Waals surface area contributed by atoms with E-state index < -0.39 is 0 Å². The summed E-state index contributed by atoms with van der Waals surface area (Å²) in [4.78, 5) is 21.9. The zero-order valence-electron chi connectivity index (χ0n) is 19.3. The normalized spacial score (nSPS) is 16.5. The number of pyridine rings is 1. The number of nitrogens with one attached hydrogen (secondary N) is 1. The van der Waals surface area contributed by atoms with Gasteiger partial charge >= 0.3 is 6.03 Å². The van der Waals surface area contributed by atoms with Crippen LogP contribution in [-0.2, 0) is 0 Å². The van der Waals surface area contributed by atoms with Crippen LogP contribution in [0.4, 0.5) is 4.79 Å². The summed E-state index contributed by atoms with van der Waals surface area (Å²) < 4.78 is 7.60. The number of rotatable bonds is 7. The number of methoxy groups -OCH3 is 1. The minimum absolute atomic E-state index is 0.0299. The van der Waals surface area contributed by atoms with Crippen molar-refractivity contribution in [2.75, 3.05) is 47.4 Å². The Labute approximate surface area is 190 Å². The van der Waals surface area contributed by atoms with E-state index in [1.165, 1.54) is 0 Å². The first-order valence-corrected chi connectivity index (χ1v) is 11.4. The van der Waals surface area contributed by atoms with Gasteiger partial charge in [0.15, 0.2) is 0 Å². The van der Waals surface area contributed by atoms with E-state index in [2.05, 4.69) is 32.9 Å². The van der Waals surface area contributed by atoms with Crippen LogP contribution in [0, 0.1) is 0 Å². The number of fused-ring (bicyclic) bond motifs is 1. The summed E-state index contributed by atoms with van der Waals surface area (Å²) in [7, 11) is 5.77. The van der Waals surface area contributed by atoms with Crippen molar-refractivity contribution in [1.29, 1.82) is 0 Å². The molecule has 2 amide bonds. The van der Waals surface area contributed by atoms with Gasteiger partial charge in [-0.3, -0.25) is 0 Å². The van der Waals surface area contributed by atoms with E-state index in [0.29, 0.717) is 13.1 Å². The second-order valence-electron chi connectivity index (χ2n) is 8.68. The summed E-state index contributed by atoms with van der Waals surface area (Å²) in [6, 6.07) is 14.2. The number of benzene rings is 1. The summed E-state index contributed by atoms with van der Waals surface area (Å²) in [6.07, 6.45) is 5.02. The minimum Gasteiger partial charge on any atom is -0.497 e. The number of amides is 2. The highest BCUT2D eigenvalue weighted by atomic mass is 16.5. The fourth-order valence-corrected chi connectivity index (χ4v) is 4.41. The van der Waals surface area contributed by atoms with Crippen LogP contribution in [0.5, 0.6) is 5.75 Å². The second kappa shape index (κ2) is 10.0. The maximum absolute atomic E-state index is 12.7. The summed E-state index contributed by atoms with van der Waals surface area (Å²) in [5.41, 5.74) is 3.05. The third kappa shape index (κ3) is 4.88. The highest BCUT2D eigenvalue weighted by Gasteiger charge is 2.28. The van der Waals surface area contributed by atoms with Gasteiger partial charge in [0.05, 0.1) is 18.3 Å². The highest BCUT2D eigenvalue weighted by molar-refractivity contribution is 5.78. The van der Waals surface area contributed by atoms with Gasteiger partial charge in [-0.2, -0.15) is 0 Å². The molecule has 1 saturated heterocycles. The predicted molar refractivity (Wildman–Crippen MR) is 127 cm³/mol. The largest absolute Gasteiger partial charge is 0.497 e. The molecule has 0 aliphatic carbocycles. The number of hydrogen-bond acceptors (Lipinski definition) is 4. The SMILES string of the molecule is COc1cccc(-c2nc([C@@H]3CCCN(C(=O)NCCCN(C)C)C3)n3ccccc23)c1. The van der Waals surface area contributed by atoms with Crippen molar-refractivity contribution in [3.05, 3.63) is 54.5 Å². The summed E-state index contributed by atoms with van der Waals surface area (Å²) in [6.45, 7) is 3.15. The van der Waals surface area contributed by atoms with Crippen LogP contribution in [-0.4, -0.2) is 72.6 Å². The summed E-state index contributed by atoms with van der Waals surface area (Å²) in [5, 5.41) is 3.08. The highest BCUT2D eigenvalue weighted by Crippen LogP contribution is 2.33. The molecule has 1 N–H and O–H groups in total. The van der Waals surface area contributed by atoms with Gasteiger partial charge in [0.25, 0.3) is 0 Å². The van der Waals surface area contributed by atoms with Gasteiger partial charge < -0.3 is 24.3 Å². The number of carbonyl (C=O) groups is 1. The fraction of sp³-hybridized carbons (Fsp3) is 0.440. The smallest absolute Gasteiger partial charge is 0.317 e. The number of likely N-dealkylation sites (tertiary alicyclic amines) is 1. The monoisotopic (exact) mass is 435 g/mol. The number of nitrogens with zero attached hydrogens (tertiary/aromatic N) is 4. The van der Waals surface area contributed by atoms with Crippen molar-refractivity contribution in [1.82, 2.24) is 24.5 Å². The average molecular weight is 436 g/mol. The Kier molecular flexibility index (Phi) is 6.95. The van der Waals surface area contributed by atoms with Gasteiger partial charge in [0, 0.05) is 37.3 Å². The molecule has 7 heteroatoms. The lowest BCUT2D eigenvalue weighted by molar-refractivity contribution is 0.178. The van der Waals surface area contributed by atoms with Gasteiger partial charge in [0.2, 0.25) is 0 Å². The molecule has 4 rings (SSSR count). The number of urea groups is 1. The van der Waals surface area contributed by atoms with Crippen LogP contribution in [0.2, 0.25) is 0 Å². The molecule has 3 heterocycles. The van der Waals surface area contributed by atoms with Gasteiger partial charge in [-0.1, -0.05) is 18.2 Å². The molecule has 170 valence electrons. The lowest BCUT2D eigenvalue weighted by atomic mass is 9.97. The van der Waals surface area contributed by atoms with Crippen LogP contribution < -0.4 is 10.1 Å². The number of imidazole rings is 1. The number of carbonyl (C=O) groups excluding carboxylic acids is 1. The molecule has 2 aromatic heterocycles. The zero-order valence-corrected chi connectivity index (χ0v) is 19.3. The number of piperidine rings is 1. The maximum Gasteiger partial charge on any atom is 0.317 e. The Bertz CT molecular complexity index is 1060. The molecule has 1 fully saturated rings. The van der Waals surface area contributed by atoms with Crippen LogP contribution in [0.15, 0.2) is 48.7 Å². The van der Waals surface area contributed by atoms with E-state index in [1.54, 1.807) is 7.11 Å². The van der Waals surface area contributed by atoms with E-state index in [9.17, 15) is 4.79 Å². The van der Waals surface area contributed by atoms with Gasteiger partial charge in [-0.05, 0) is 64.2 Å². The molecule has 3 aromatic rings. The number of aromatic nitrogens is 2. The molecule has 1 aliphatic rings. The number of ether oxygens (including phenoxy) is 1. The zero-order chi connectivity index (χ0) is 22.5. The third-order valence-electron chi connectivity index (χ3n) is 6.05. The topological polar surface area (TPSA) is 62.1 Å². The lowest BCUT2D eigenvalue weighted by Gasteiger charge is -2.32. The summed E-state index contributed by atoms with van der Waals surface area (Å²) >= 11 is 0. The molecule has 0 radical (unpaired) electrons. The Hall–Kier alpha value is -3.06. The van der Waals surface area contributed by atoms with Crippen molar-refractivity contribution < 1.29 is 9.53 Å². The Balaban J connectivity index is 1.55. The molecule has 32 heavy (non-hydrogen) atoms. The molecule has 1 aliphatic heterocycles. The van der Waals surface area contributed by atoms with Crippen LogP contribution in [0.3, 0.4) is 0 Å². The van der Waals surface area contributed by atoms with E-state index >= 15 is 0 Å². The van der Waals surface area contributed by atoms with Crippen molar-refractivity contribution in [2.45, 2.75) is 25.2 Å². The van der Waals surface area contributed by atoms with Crippen LogP contribution >= 0.6 is 0 Å². The molecule has 0 saturated carbocycles. The Morgan fingerprint density at radius 1 is 1.25 bits per heavy atom. The Morgan fingerprint density at radius 2 is 2.12 bits per heavy atom. The maximum atomic E-state index is 12.7. The number of hydrogen-bond donors (Lipinski definition) is 1. The molecular weight excluding hydrogens is 402 g/mol.